The fourth-order valence-electron chi connectivity index (χ4n) is 4.03. The SMILES string of the molecule is O=C(O)c1ccc(COc2ccc(Cl)cc2C=Nn2c(-c3cccc(C(F)(F)F)c3)nc3ccccc3c2=O)cc1. The van der Waals surface area contributed by atoms with Crippen LogP contribution in [0.15, 0.2) is 101 Å². The third kappa shape index (κ3) is 6.12. The first-order valence-electron chi connectivity index (χ1n) is 12.1. The summed E-state index contributed by atoms with van der Waals surface area (Å²) in [4.78, 5) is 29.0. The molecule has 4 aromatic carbocycles. The number of carbonyl (C=O) groups is 1. The molecule has 5 aromatic rings. The zero-order valence-electron chi connectivity index (χ0n) is 21.0. The van der Waals surface area contributed by atoms with Crippen molar-refractivity contribution in [3.63, 3.8) is 0 Å². The van der Waals surface area contributed by atoms with Crippen LogP contribution in [-0.2, 0) is 12.8 Å². The van der Waals surface area contributed by atoms with Gasteiger partial charge in [-0.2, -0.15) is 22.9 Å². The average molecular weight is 578 g/mol. The Hall–Kier alpha value is -4.96. The number of aromatic carboxylic acids is 1. The van der Waals surface area contributed by atoms with Crippen molar-refractivity contribution in [1.82, 2.24) is 9.66 Å². The van der Waals surface area contributed by atoms with Gasteiger partial charge in [0.05, 0.1) is 28.2 Å². The van der Waals surface area contributed by atoms with E-state index in [0.29, 0.717) is 27.4 Å². The monoisotopic (exact) mass is 577 g/mol. The molecule has 0 radical (unpaired) electrons. The molecule has 0 unspecified atom stereocenters. The van der Waals surface area contributed by atoms with E-state index in [-0.39, 0.29) is 28.9 Å². The largest absolute Gasteiger partial charge is 0.488 e. The molecular weight excluding hydrogens is 559 g/mol. The highest BCUT2D eigenvalue weighted by Crippen LogP contribution is 2.32. The zero-order chi connectivity index (χ0) is 29.1. The minimum absolute atomic E-state index is 0.0483. The molecule has 0 spiro atoms. The molecule has 1 N–H and O–H groups in total. The van der Waals surface area contributed by atoms with Gasteiger partial charge in [0.15, 0.2) is 5.82 Å². The van der Waals surface area contributed by atoms with Gasteiger partial charge >= 0.3 is 12.1 Å². The molecule has 1 aromatic heterocycles. The molecule has 0 saturated carbocycles. The summed E-state index contributed by atoms with van der Waals surface area (Å²) < 4.78 is 47.2. The van der Waals surface area contributed by atoms with Gasteiger partial charge in [-0.3, -0.25) is 4.79 Å². The van der Waals surface area contributed by atoms with Gasteiger partial charge in [0, 0.05) is 16.1 Å². The molecule has 0 saturated heterocycles. The third-order valence-electron chi connectivity index (χ3n) is 6.08. The predicted molar refractivity (Wildman–Crippen MR) is 149 cm³/mol. The van der Waals surface area contributed by atoms with Crippen LogP contribution in [0, 0.1) is 0 Å². The lowest BCUT2D eigenvalue weighted by atomic mass is 10.1. The van der Waals surface area contributed by atoms with Gasteiger partial charge in [0.1, 0.15) is 12.4 Å². The summed E-state index contributed by atoms with van der Waals surface area (Å²) in [5.74, 6) is -0.779. The quantitative estimate of drug-likeness (QED) is 0.212. The molecule has 1 heterocycles. The van der Waals surface area contributed by atoms with Crippen molar-refractivity contribution in [2.75, 3.05) is 0 Å². The minimum atomic E-state index is -4.60. The second kappa shape index (κ2) is 11.3. The van der Waals surface area contributed by atoms with Crippen LogP contribution in [-0.4, -0.2) is 27.0 Å². The van der Waals surface area contributed by atoms with E-state index in [0.717, 1.165) is 16.8 Å². The van der Waals surface area contributed by atoms with Crippen molar-refractivity contribution in [1.29, 1.82) is 0 Å². The number of hydrogen-bond acceptors (Lipinski definition) is 5. The lowest BCUT2D eigenvalue weighted by molar-refractivity contribution is -0.137. The van der Waals surface area contributed by atoms with Gasteiger partial charge in [0.25, 0.3) is 5.56 Å². The second-order valence-corrected chi connectivity index (χ2v) is 9.30. The number of carboxylic acid groups (broad SMARTS) is 1. The van der Waals surface area contributed by atoms with E-state index in [1.54, 1.807) is 54.6 Å². The average Bonchev–Trinajstić information content (AvgIpc) is 2.96. The Bertz CT molecular complexity index is 1850. The van der Waals surface area contributed by atoms with Gasteiger partial charge in [-0.25, -0.2) is 9.78 Å². The molecule has 0 amide bonds. The van der Waals surface area contributed by atoms with Crippen molar-refractivity contribution < 1.29 is 27.8 Å². The molecule has 206 valence electrons. The van der Waals surface area contributed by atoms with Crippen LogP contribution < -0.4 is 10.3 Å². The Morgan fingerprint density at radius 1 is 1.00 bits per heavy atom. The minimum Gasteiger partial charge on any atom is -0.488 e. The third-order valence-corrected chi connectivity index (χ3v) is 6.32. The van der Waals surface area contributed by atoms with Gasteiger partial charge in [-0.15, -0.1) is 0 Å². The van der Waals surface area contributed by atoms with E-state index in [2.05, 4.69) is 10.1 Å². The second-order valence-electron chi connectivity index (χ2n) is 8.87. The number of alkyl halides is 3. The highest BCUT2D eigenvalue weighted by Gasteiger charge is 2.31. The van der Waals surface area contributed by atoms with Crippen LogP contribution in [0.1, 0.15) is 27.0 Å². The van der Waals surface area contributed by atoms with Crippen LogP contribution in [0.4, 0.5) is 13.2 Å². The van der Waals surface area contributed by atoms with Crippen molar-refractivity contribution in [3.8, 4) is 17.1 Å². The number of benzene rings is 4. The first kappa shape index (κ1) is 27.6. The number of nitrogens with zero attached hydrogens (tertiary/aromatic N) is 3. The maximum atomic E-state index is 13.5. The van der Waals surface area contributed by atoms with Gasteiger partial charge < -0.3 is 9.84 Å². The number of fused-ring (bicyclic) bond motifs is 1. The summed E-state index contributed by atoms with van der Waals surface area (Å²) in [7, 11) is 0. The molecule has 11 heteroatoms. The molecule has 5 rings (SSSR count). The summed E-state index contributed by atoms with van der Waals surface area (Å²) in [6.45, 7) is 0.0926. The van der Waals surface area contributed by atoms with Crippen LogP contribution in [0.2, 0.25) is 5.02 Å². The summed E-state index contributed by atoms with van der Waals surface area (Å²) in [5, 5.41) is 14.0. The van der Waals surface area contributed by atoms with E-state index < -0.39 is 23.3 Å². The first-order chi connectivity index (χ1) is 19.6. The number of carboxylic acids is 1. The number of hydrogen-bond donors (Lipinski definition) is 1. The van der Waals surface area contributed by atoms with Crippen molar-refractivity contribution in [2.45, 2.75) is 12.8 Å². The zero-order valence-corrected chi connectivity index (χ0v) is 21.7. The van der Waals surface area contributed by atoms with Crippen LogP contribution in [0.5, 0.6) is 5.75 Å². The van der Waals surface area contributed by atoms with Crippen LogP contribution in [0.25, 0.3) is 22.3 Å². The maximum absolute atomic E-state index is 13.5. The number of aromatic nitrogens is 2. The van der Waals surface area contributed by atoms with Crippen molar-refractivity contribution >= 4 is 34.7 Å². The molecule has 0 aliphatic heterocycles. The number of rotatable bonds is 7. The van der Waals surface area contributed by atoms with Crippen molar-refractivity contribution in [2.24, 2.45) is 5.10 Å². The van der Waals surface area contributed by atoms with E-state index in [1.165, 1.54) is 30.5 Å². The summed E-state index contributed by atoms with van der Waals surface area (Å²) >= 11 is 6.20. The van der Waals surface area contributed by atoms with Gasteiger partial charge in [-0.05, 0) is 60.2 Å². The Morgan fingerprint density at radius 2 is 1.76 bits per heavy atom. The molecule has 0 aliphatic carbocycles. The number of para-hydroxylation sites is 1. The smallest absolute Gasteiger partial charge is 0.416 e. The fourth-order valence-corrected chi connectivity index (χ4v) is 4.21. The first-order valence-corrected chi connectivity index (χ1v) is 12.5. The number of halogens is 4. The van der Waals surface area contributed by atoms with E-state index in [4.69, 9.17) is 21.4 Å². The fraction of sp³-hybridized carbons (Fsp3) is 0.0667. The lowest BCUT2D eigenvalue weighted by Crippen LogP contribution is -2.20. The normalized spacial score (nSPS) is 11.7. The Balaban J connectivity index is 1.55. The summed E-state index contributed by atoms with van der Waals surface area (Å²) in [6.07, 6.45) is -3.29. The Labute approximate surface area is 235 Å². The van der Waals surface area contributed by atoms with Crippen LogP contribution >= 0.6 is 11.6 Å². The maximum Gasteiger partial charge on any atom is 0.416 e. The molecule has 0 atom stereocenters. The Morgan fingerprint density at radius 3 is 2.49 bits per heavy atom. The molecule has 0 bridgehead atoms. The van der Waals surface area contributed by atoms with Gasteiger partial charge in [0.2, 0.25) is 0 Å². The molecular formula is C30H19ClF3N3O4. The number of ether oxygens (including phenoxy) is 1. The standard InChI is InChI=1S/C30H19ClF3N3O4/c31-23-12-13-26(41-17-18-8-10-19(11-9-18)29(39)40)21(15-23)16-35-37-27(20-4-3-5-22(14-20)30(32,33)34)36-25-7-2-1-6-24(25)28(37)38/h1-16H,17H2,(H,39,40). The topological polar surface area (TPSA) is 93.8 Å². The van der Waals surface area contributed by atoms with E-state index >= 15 is 0 Å². The molecule has 41 heavy (non-hydrogen) atoms. The molecule has 0 aliphatic rings. The highest BCUT2D eigenvalue weighted by molar-refractivity contribution is 6.30. The van der Waals surface area contributed by atoms with Crippen molar-refractivity contribution in [3.05, 3.63) is 129 Å². The summed E-state index contributed by atoms with van der Waals surface area (Å²) in [5.41, 5.74) is 0.102. The molecule has 0 fully saturated rings. The van der Waals surface area contributed by atoms with E-state index in [1.807, 2.05) is 0 Å². The lowest BCUT2D eigenvalue weighted by Gasteiger charge is -2.13. The highest BCUT2D eigenvalue weighted by atomic mass is 35.5. The predicted octanol–water partition coefficient (Wildman–Crippen LogP) is 6.90. The van der Waals surface area contributed by atoms with Crippen LogP contribution in [0.3, 0.4) is 0 Å². The summed E-state index contributed by atoms with van der Waals surface area (Å²) in [6, 6.07) is 21.9. The van der Waals surface area contributed by atoms with E-state index in [9.17, 15) is 22.8 Å². The molecule has 7 nitrogen and oxygen atoms in total. The van der Waals surface area contributed by atoms with Gasteiger partial charge in [-0.1, -0.05) is 48.0 Å². The Kier molecular flexibility index (Phi) is 7.58.